The van der Waals surface area contributed by atoms with Gasteiger partial charge in [-0.15, -0.1) is 0 Å². The van der Waals surface area contributed by atoms with E-state index in [2.05, 4.69) is 34.2 Å². The van der Waals surface area contributed by atoms with E-state index >= 15 is 0 Å². The van der Waals surface area contributed by atoms with Crippen LogP contribution in [-0.4, -0.2) is 63.7 Å². The van der Waals surface area contributed by atoms with Crippen molar-refractivity contribution in [3.63, 3.8) is 0 Å². The number of nitrogens with zero attached hydrogens (tertiary/aromatic N) is 4. The van der Waals surface area contributed by atoms with Crippen molar-refractivity contribution in [2.75, 3.05) is 38.5 Å². The van der Waals surface area contributed by atoms with Crippen molar-refractivity contribution in [2.45, 2.75) is 18.6 Å². The minimum absolute atomic E-state index is 0.0324. The van der Waals surface area contributed by atoms with Crippen LogP contribution in [0.1, 0.15) is 11.1 Å². The molecule has 1 saturated heterocycles. The van der Waals surface area contributed by atoms with Crippen molar-refractivity contribution >= 4 is 23.7 Å². The summed E-state index contributed by atoms with van der Waals surface area (Å²) in [6.45, 7) is 6.34. The molecule has 1 aromatic heterocycles. The van der Waals surface area contributed by atoms with Crippen molar-refractivity contribution in [3.8, 4) is 0 Å². The van der Waals surface area contributed by atoms with E-state index in [1.165, 1.54) is 17.3 Å². The average Bonchev–Trinajstić information content (AvgIpc) is 2.77. The van der Waals surface area contributed by atoms with Gasteiger partial charge < -0.3 is 4.90 Å². The van der Waals surface area contributed by atoms with Gasteiger partial charge >= 0.3 is 0 Å². The van der Waals surface area contributed by atoms with E-state index in [1.807, 2.05) is 23.1 Å². The molecule has 0 spiro atoms. The summed E-state index contributed by atoms with van der Waals surface area (Å²) in [4.78, 5) is 34.0. The van der Waals surface area contributed by atoms with Gasteiger partial charge in [-0.25, -0.2) is 4.98 Å². The number of aryl methyl sites for hydroxylation is 1. The van der Waals surface area contributed by atoms with Crippen LogP contribution in [0.3, 0.4) is 0 Å². The normalized spacial score (nSPS) is 20.0. The van der Waals surface area contributed by atoms with Crippen molar-refractivity contribution in [2.24, 2.45) is 5.92 Å². The van der Waals surface area contributed by atoms with E-state index in [1.54, 1.807) is 17.7 Å². The first-order chi connectivity index (χ1) is 14.1. The van der Waals surface area contributed by atoms with Gasteiger partial charge in [0.25, 0.3) is 5.56 Å². The van der Waals surface area contributed by atoms with Crippen LogP contribution in [0, 0.1) is 12.8 Å². The number of fused-ring (bicyclic) bond motifs is 1. The molecule has 6 nitrogen and oxygen atoms in total. The number of aromatic nitrogens is 2. The fourth-order valence-corrected chi connectivity index (χ4v) is 4.80. The summed E-state index contributed by atoms with van der Waals surface area (Å²) in [5.74, 6) is 0.698. The third-order valence-electron chi connectivity index (χ3n) is 5.51. The van der Waals surface area contributed by atoms with E-state index in [-0.39, 0.29) is 17.4 Å². The summed E-state index contributed by atoms with van der Waals surface area (Å²) in [6, 6.07) is 10.3. The Hall–Kier alpha value is -2.38. The third kappa shape index (κ3) is 4.62. The Balaban J connectivity index is 1.30. The SMILES string of the molecule is Cc1cnc2n(c1=O)CC(C(=O)N1CCN(CC=Cc3ccccc3)CC1)CS2. The molecule has 4 rings (SSSR count). The van der Waals surface area contributed by atoms with Gasteiger partial charge in [0.05, 0.1) is 5.92 Å². The lowest BCUT2D eigenvalue weighted by Crippen LogP contribution is -2.51. The quantitative estimate of drug-likeness (QED) is 0.723. The smallest absolute Gasteiger partial charge is 0.257 e. The molecule has 1 fully saturated rings. The molecule has 1 amide bonds. The lowest BCUT2D eigenvalue weighted by molar-refractivity contribution is -0.137. The second-order valence-corrected chi connectivity index (χ2v) is 8.57. The fraction of sp³-hybridized carbons (Fsp3) is 0.409. The topological polar surface area (TPSA) is 58.4 Å². The van der Waals surface area contributed by atoms with Crippen LogP contribution in [0.4, 0.5) is 0 Å². The molecule has 7 heteroatoms. The summed E-state index contributed by atoms with van der Waals surface area (Å²) < 4.78 is 1.66. The first-order valence-electron chi connectivity index (χ1n) is 10.0. The molecule has 152 valence electrons. The van der Waals surface area contributed by atoms with E-state index in [9.17, 15) is 9.59 Å². The third-order valence-corrected chi connectivity index (χ3v) is 6.66. The molecule has 2 aromatic rings. The molecule has 0 bridgehead atoms. The number of hydrogen-bond donors (Lipinski definition) is 0. The molecule has 2 aliphatic heterocycles. The Kier molecular flexibility index (Phi) is 6.16. The Morgan fingerprint density at radius 3 is 2.72 bits per heavy atom. The molecule has 3 heterocycles. The minimum atomic E-state index is -0.154. The Labute approximate surface area is 175 Å². The molecule has 1 unspecified atom stereocenters. The number of benzene rings is 1. The van der Waals surface area contributed by atoms with Gasteiger partial charge in [-0.3, -0.25) is 19.1 Å². The predicted octanol–water partition coefficient (Wildman–Crippen LogP) is 2.13. The summed E-state index contributed by atoms with van der Waals surface area (Å²) in [5.41, 5.74) is 1.80. The summed E-state index contributed by atoms with van der Waals surface area (Å²) in [5, 5.41) is 0.722. The number of carbonyl (C=O) groups is 1. The Morgan fingerprint density at radius 2 is 1.97 bits per heavy atom. The number of thioether (sulfide) groups is 1. The number of carbonyl (C=O) groups excluding carboxylic acids is 1. The maximum absolute atomic E-state index is 13.0. The molecule has 1 atom stereocenters. The number of hydrogen-bond acceptors (Lipinski definition) is 5. The van der Waals surface area contributed by atoms with Crippen LogP contribution in [0.2, 0.25) is 0 Å². The van der Waals surface area contributed by atoms with Crippen LogP contribution >= 0.6 is 11.8 Å². The monoisotopic (exact) mass is 410 g/mol. The van der Waals surface area contributed by atoms with E-state index < -0.39 is 0 Å². The average molecular weight is 411 g/mol. The van der Waals surface area contributed by atoms with Gasteiger partial charge in [-0.1, -0.05) is 54.2 Å². The first-order valence-corrected chi connectivity index (χ1v) is 11.0. The molecular weight excluding hydrogens is 384 g/mol. The second-order valence-electron chi connectivity index (χ2n) is 7.59. The highest BCUT2D eigenvalue weighted by Crippen LogP contribution is 2.26. The Morgan fingerprint density at radius 1 is 1.21 bits per heavy atom. The lowest BCUT2D eigenvalue weighted by Gasteiger charge is -2.36. The molecule has 29 heavy (non-hydrogen) atoms. The van der Waals surface area contributed by atoms with Crippen molar-refractivity contribution < 1.29 is 4.79 Å². The molecule has 0 radical (unpaired) electrons. The van der Waals surface area contributed by atoms with Crippen molar-refractivity contribution in [1.82, 2.24) is 19.4 Å². The predicted molar refractivity (Wildman–Crippen MR) is 116 cm³/mol. The number of piperazine rings is 1. The van der Waals surface area contributed by atoms with Crippen LogP contribution in [0.25, 0.3) is 6.08 Å². The van der Waals surface area contributed by atoms with E-state index in [0.29, 0.717) is 17.9 Å². The summed E-state index contributed by atoms with van der Waals surface area (Å²) in [6.07, 6.45) is 5.94. The number of amides is 1. The zero-order chi connectivity index (χ0) is 20.2. The molecule has 0 saturated carbocycles. The second kappa shape index (κ2) is 8.97. The molecular formula is C22H26N4O2S. The highest BCUT2D eigenvalue weighted by molar-refractivity contribution is 7.99. The van der Waals surface area contributed by atoms with Gasteiger partial charge in [0.2, 0.25) is 5.91 Å². The fourth-order valence-electron chi connectivity index (χ4n) is 3.76. The van der Waals surface area contributed by atoms with Crippen LogP contribution in [0.15, 0.2) is 52.6 Å². The molecule has 0 aliphatic carbocycles. The molecule has 0 N–H and O–H groups in total. The van der Waals surface area contributed by atoms with Crippen LogP contribution in [0.5, 0.6) is 0 Å². The van der Waals surface area contributed by atoms with Gasteiger partial charge in [0, 0.05) is 56.8 Å². The maximum Gasteiger partial charge on any atom is 0.257 e. The minimum Gasteiger partial charge on any atom is -0.340 e. The number of rotatable bonds is 4. The lowest BCUT2D eigenvalue weighted by atomic mass is 10.1. The van der Waals surface area contributed by atoms with E-state index in [0.717, 1.165) is 37.9 Å². The van der Waals surface area contributed by atoms with Gasteiger partial charge in [0.15, 0.2) is 5.16 Å². The summed E-state index contributed by atoms with van der Waals surface area (Å²) >= 11 is 1.51. The van der Waals surface area contributed by atoms with Gasteiger partial charge in [-0.05, 0) is 12.5 Å². The van der Waals surface area contributed by atoms with Gasteiger partial charge in [0.1, 0.15) is 0 Å². The highest BCUT2D eigenvalue weighted by atomic mass is 32.2. The highest BCUT2D eigenvalue weighted by Gasteiger charge is 2.31. The Bertz CT molecular complexity index is 949. The first kappa shape index (κ1) is 19.9. The van der Waals surface area contributed by atoms with E-state index in [4.69, 9.17) is 0 Å². The van der Waals surface area contributed by atoms with Crippen LogP contribution < -0.4 is 5.56 Å². The zero-order valence-electron chi connectivity index (χ0n) is 16.7. The standard InChI is InChI=1S/C22H26N4O2S/c1-17-14-23-22-26(20(17)27)15-19(16-29-22)21(28)25-12-10-24(11-13-25)9-5-8-18-6-3-2-4-7-18/h2-8,14,19H,9-13,15-16H2,1H3. The van der Waals surface area contributed by atoms with Gasteiger partial charge in [-0.2, -0.15) is 0 Å². The largest absolute Gasteiger partial charge is 0.340 e. The summed E-state index contributed by atoms with van der Waals surface area (Å²) in [7, 11) is 0. The van der Waals surface area contributed by atoms with Crippen molar-refractivity contribution in [3.05, 3.63) is 64.1 Å². The maximum atomic E-state index is 13.0. The zero-order valence-corrected chi connectivity index (χ0v) is 17.5. The van der Waals surface area contributed by atoms with Crippen molar-refractivity contribution in [1.29, 1.82) is 0 Å². The molecule has 2 aliphatic rings. The van der Waals surface area contributed by atoms with Crippen LogP contribution in [-0.2, 0) is 11.3 Å². The molecule has 1 aromatic carbocycles.